The van der Waals surface area contributed by atoms with Crippen molar-refractivity contribution in [1.29, 1.82) is 0 Å². The van der Waals surface area contributed by atoms with Gasteiger partial charge in [0.1, 0.15) is 5.15 Å². The molecule has 0 bridgehead atoms. The van der Waals surface area contributed by atoms with Gasteiger partial charge in [-0.3, -0.25) is 0 Å². The van der Waals surface area contributed by atoms with E-state index in [0.29, 0.717) is 18.2 Å². The lowest BCUT2D eigenvalue weighted by Crippen LogP contribution is -2.40. The third-order valence-electron chi connectivity index (χ3n) is 2.08. The van der Waals surface area contributed by atoms with Crippen molar-refractivity contribution >= 4 is 37.9 Å². The fraction of sp³-hybridized carbons (Fsp3) is 0.571. The Hall–Kier alpha value is -0.330. The van der Waals surface area contributed by atoms with E-state index in [2.05, 4.69) is 4.98 Å². The van der Waals surface area contributed by atoms with E-state index >= 15 is 0 Å². The third-order valence-corrected chi connectivity index (χ3v) is 4.91. The van der Waals surface area contributed by atoms with Gasteiger partial charge >= 0.3 is 0 Å². The summed E-state index contributed by atoms with van der Waals surface area (Å²) >= 11 is 7.13. The molecule has 1 aliphatic rings. The molecule has 0 N–H and O–H groups in total. The van der Waals surface area contributed by atoms with Crippen LogP contribution in [-0.2, 0) is 9.84 Å². The fourth-order valence-electron chi connectivity index (χ4n) is 1.29. The molecule has 7 heteroatoms. The van der Waals surface area contributed by atoms with E-state index in [0.717, 1.165) is 5.13 Å². The molecule has 1 aromatic rings. The molecule has 0 spiro atoms. The first-order chi connectivity index (χ1) is 6.57. The van der Waals surface area contributed by atoms with Gasteiger partial charge in [-0.2, -0.15) is 0 Å². The number of sulfone groups is 1. The molecular weight excluding hydrogens is 244 g/mol. The van der Waals surface area contributed by atoms with Gasteiger partial charge < -0.3 is 4.90 Å². The van der Waals surface area contributed by atoms with Gasteiger partial charge in [0.2, 0.25) is 0 Å². The van der Waals surface area contributed by atoms with E-state index in [1.54, 1.807) is 5.38 Å². The van der Waals surface area contributed by atoms with Gasteiger partial charge in [-0.05, 0) is 0 Å². The zero-order chi connectivity index (χ0) is 10.2. The van der Waals surface area contributed by atoms with Crippen molar-refractivity contribution < 1.29 is 8.42 Å². The SMILES string of the molecule is O=S1(=O)CCN(c2nc(Cl)cs2)CC1. The highest BCUT2D eigenvalue weighted by atomic mass is 35.5. The summed E-state index contributed by atoms with van der Waals surface area (Å²) in [5.41, 5.74) is 0. The van der Waals surface area contributed by atoms with Gasteiger partial charge in [-0.1, -0.05) is 11.6 Å². The van der Waals surface area contributed by atoms with Crippen molar-refractivity contribution in [3.63, 3.8) is 0 Å². The summed E-state index contributed by atoms with van der Waals surface area (Å²) in [5.74, 6) is 0.425. The summed E-state index contributed by atoms with van der Waals surface area (Å²) in [5, 5.41) is 3.03. The molecule has 0 unspecified atom stereocenters. The van der Waals surface area contributed by atoms with E-state index in [1.165, 1.54) is 11.3 Å². The molecule has 0 aromatic carbocycles. The van der Waals surface area contributed by atoms with E-state index in [4.69, 9.17) is 11.6 Å². The summed E-state index contributed by atoms with van der Waals surface area (Å²) in [6.07, 6.45) is 0. The predicted octanol–water partition coefficient (Wildman–Crippen LogP) is 1.03. The number of hydrogen-bond donors (Lipinski definition) is 0. The molecule has 1 aromatic heterocycles. The van der Waals surface area contributed by atoms with Crippen LogP contribution in [-0.4, -0.2) is 38.0 Å². The Morgan fingerprint density at radius 3 is 2.57 bits per heavy atom. The van der Waals surface area contributed by atoms with Crippen LogP contribution in [0, 0.1) is 0 Å². The van der Waals surface area contributed by atoms with E-state index in [-0.39, 0.29) is 11.5 Å². The summed E-state index contributed by atoms with van der Waals surface area (Å²) < 4.78 is 22.3. The van der Waals surface area contributed by atoms with Crippen molar-refractivity contribution in [2.45, 2.75) is 0 Å². The topological polar surface area (TPSA) is 50.3 Å². The lowest BCUT2D eigenvalue weighted by molar-refractivity contribution is 0.586. The van der Waals surface area contributed by atoms with Gasteiger partial charge in [0, 0.05) is 18.5 Å². The number of halogens is 1. The van der Waals surface area contributed by atoms with Crippen molar-refractivity contribution in [1.82, 2.24) is 4.98 Å². The van der Waals surface area contributed by atoms with Gasteiger partial charge in [-0.25, -0.2) is 13.4 Å². The minimum Gasteiger partial charge on any atom is -0.346 e. The molecular formula is C7H9ClN2O2S2. The maximum absolute atomic E-state index is 11.2. The Labute approximate surface area is 91.4 Å². The zero-order valence-electron chi connectivity index (χ0n) is 7.31. The first-order valence-electron chi connectivity index (χ1n) is 4.13. The smallest absolute Gasteiger partial charge is 0.186 e. The first kappa shape index (κ1) is 10.2. The van der Waals surface area contributed by atoms with Gasteiger partial charge in [0.05, 0.1) is 11.5 Å². The van der Waals surface area contributed by atoms with Crippen LogP contribution < -0.4 is 4.90 Å². The van der Waals surface area contributed by atoms with Crippen LogP contribution >= 0.6 is 22.9 Å². The summed E-state index contributed by atoms with van der Waals surface area (Å²) in [7, 11) is -2.81. The molecule has 2 heterocycles. The molecule has 78 valence electrons. The average Bonchev–Trinajstić information content (AvgIpc) is 2.52. The lowest BCUT2D eigenvalue weighted by atomic mass is 10.5. The Kier molecular flexibility index (Phi) is 2.68. The Morgan fingerprint density at radius 1 is 1.43 bits per heavy atom. The highest BCUT2D eigenvalue weighted by molar-refractivity contribution is 7.91. The normalized spacial score (nSPS) is 21.1. The second-order valence-corrected chi connectivity index (χ2v) is 6.62. The highest BCUT2D eigenvalue weighted by Gasteiger charge is 2.23. The average molecular weight is 253 g/mol. The summed E-state index contributed by atoms with van der Waals surface area (Å²) in [4.78, 5) is 6.05. The molecule has 0 atom stereocenters. The molecule has 0 saturated carbocycles. The van der Waals surface area contributed by atoms with Gasteiger partial charge in [0.15, 0.2) is 15.0 Å². The third kappa shape index (κ3) is 2.18. The van der Waals surface area contributed by atoms with Crippen molar-refractivity contribution in [3.05, 3.63) is 10.5 Å². The molecule has 1 fully saturated rings. The lowest BCUT2D eigenvalue weighted by Gasteiger charge is -2.25. The Balaban J connectivity index is 2.09. The number of hydrogen-bond acceptors (Lipinski definition) is 5. The van der Waals surface area contributed by atoms with Crippen LogP contribution in [0.3, 0.4) is 0 Å². The Bertz CT molecular complexity index is 415. The monoisotopic (exact) mass is 252 g/mol. The van der Waals surface area contributed by atoms with E-state index in [9.17, 15) is 8.42 Å². The van der Waals surface area contributed by atoms with Crippen LogP contribution in [0.5, 0.6) is 0 Å². The highest BCUT2D eigenvalue weighted by Crippen LogP contribution is 2.24. The molecule has 0 radical (unpaired) electrons. The molecule has 1 saturated heterocycles. The van der Waals surface area contributed by atoms with Crippen LogP contribution in [0.4, 0.5) is 5.13 Å². The predicted molar refractivity (Wildman–Crippen MR) is 58.0 cm³/mol. The van der Waals surface area contributed by atoms with E-state index < -0.39 is 9.84 Å². The maximum atomic E-state index is 11.2. The number of rotatable bonds is 1. The number of aromatic nitrogens is 1. The second kappa shape index (κ2) is 3.67. The first-order valence-corrected chi connectivity index (χ1v) is 7.21. The zero-order valence-corrected chi connectivity index (χ0v) is 9.70. The van der Waals surface area contributed by atoms with Crippen LogP contribution in [0.25, 0.3) is 0 Å². The maximum Gasteiger partial charge on any atom is 0.186 e. The number of anilines is 1. The van der Waals surface area contributed by atoms with Gasteiger partial charge in [0.25, 0.3) is 0 Å². The summed E-state index contributed by atoms with van der Waals surface area (Å²) in [6, 6.07) is 0. The van der Waals surface area contributed by atoms with Crippen molar-refractivity contribution in [3.8, 4) is 0 Å². The van der Waals surface area contributed by atoms with Crippen LogP contribution in [0.15, 0.2) is 5.38 Å². The van der Waals surface area contributed by atoms with Crippen LogP contribution in [0.1, 0.15) is 0 Å². The van der Waals surface area contributed by atoms with Crippen LogP contribution in [0.2, 0.25) is 5.15 Å². The molecule has 14 heavy (non-hydrogen) atoms. The summed E-state index contributed by atoms with van der Waals surface area (Å²) in [6.45, 7) is 1.04. The van der Waals surface area contributed by atoms with Crippen molar-refractivity contribution in [2.24, 2.45) is 0 Å². The molecule has 0 aliphatic carbocycles. The number of thiazole rings is 1. The second-order valence-electron chi connectivity index (χ2n) is 3.09. The molecule has 0 amide bonds. The Morgan fingerprint density at radius 2 is 2.07 bits per heavy atom. The molecule has 2 rings (SSSR count). The quantitative estimate of drug-likeness (QED) is 0.749. The number of nitrogens with zero attached hydrogens (tertiary/aromatic N) is 2. The molecule has 4 nitrogen and oxygen atoms in total. The van der Waals surface area contributed by atoms with E-state index in [1.807, 2.05) is 4.90 Å². The standard InChI is InChI=1S/C7H9ClN2O2S2/c8-6-5-13-7(9-6)10-1-3-14(11,12)4-2-10/h5H,1-4H2. The van der Waals surface area contributed by atoms with Crippen molar-refractivity contribution in [2.75, 3.05) is 29.5 Å². The molecule has 1 aliphatic heterocycles. The fourth-order valence-corrected chi connectivity index (χ4v) is 3.50. The largest absolute Gasteiger partial charge is 0.346 e. The van der Waals surface area contributed by atoms with Gasteiger partial charge in [-0.15, -0.1) is 11.3 Å². The minimum atomic E-state index is -2.81. The minimum absolute atomic E-state index is 0.212.